The number of aromatic amines is 2. The summed E-state index contributed by atoms with van der Waals surface area (Å²) in [5.41, 5.74) is 7.13. The van der Waals surface area contributed by atoms with E-state index in [-0.39, 0.29) is 11.7 Å². The maximum Gasteiger partial charge on any atom is 0.224 e. The predicted octanol–water partition coefficient (Wildman–Crippen LogP) is 5.70. The lowest BCUT2D eigenvalue weighted by atomic mass is 9.94. The molecule has 1 aliphatic rings. The number of fused-ring (bicyclic) bond motifs is 2. The van der Waals surface area contributed by atoms with Gasteiger partial charge in [-0.15, -0.1) is 0 Å². The second-order valence-corrected chi connectivity index (χ2v) is 10.4. The number of hydrogen-bond acceptors (Lipinski definition) is 6. The second kappa shape index (κ2) is 10.5. The molecule has 0 spiro atoms. The zero-order chi connectivity index (χ0) is 27.8. The van der Waals surface area contributed by atoms with Crippen molar-refractivity contribution >= 4 is 33.4 Å². The Kier molecular flexibility index (Phi) is 6.44. The Balaban J connectivity index is 1.19. The molecule has 0 saturated carbocycles. The number of aromatic nitrogens is 6. The number of amides is 1. The topological polar surface area (TPSA) is 124 Å². The summed E-state index contributed by atoms with van der Waals surface area (Å²) in [6, 6.07) is 12.3. The van der Waals surface area contributed by atoms with E-state index >= 15 is 0 Å². The lowest BCUT2D eigenvalue weighted by molar-refractivity contribution is -0.117. The van der Waals surface area contributed by atoms with Crippen LogP contribution in [0, 0.1) is 11.7 Å². The van der Waals surface area contributed by atoms with Crippen LogP contribution in [-0.4, -0.2) is 49.1 Å². The molecule has 1 aliphatic heterocycles. The Labute approximate surface area is 234 Å². The summed E-state index contributed by atoms with van der Waals surface area (Å²) >= 11 is 0. The van der Waals surface area contributed by atoms with Gasteiger partial charge < -0.3 is 15.6 Å². The van der Waals surface area contributed by atoms with Gasteiger partial charge in [-0.1, -0.05) is 12.1 Å². The number of nitrogens with one attached hydrogen (secondary N) is 4. The van der Waals surface area contributed by atoms with Gasteiger partial charge in [0.2, 0.25) is 5.91 Å². The number of halogens is 1. The Bertz CT molecular complexity index is 1870. The van der Waals surface area contributed by atoms with Crippen molar-refractivity contribution in [1.82, 2.24) is 35.5 Å². The van der Waals surface area contributed by atoms with Crippen LogP contribution in [0.2, 0.25) is 0 Å². The lowest BCUT2D eigenvalue weighted by Crippen LogP contribution is -2.30. The van der Waals surface area contributed by atoms with Crippen LogP contribution < -0.4 is 10.6 Å². The third kappa shape index (κ3) is 5.05. The highest BCUT2D eigenvalue weighted by molar-refractivity contribution is 6.01. The molecule has 6 heterocycles. The number of pyridine rings is 3. The van der Waals surface area contributed by atoms with Crippen molar-refractivity contribution < 1.29 is 9.18 Å². The number of piperidine rings is 1. The van der Waals surface area contributed by atoms with Crippen molar-refractivity contribution in [3.63, 3.8) is 0 Å². The smallest absolute Gasteiger partial charge is 0.224 e. The van der Waals surface area contributed by atoms with Gasteiger partial charge in [-0.3, -0.25) is 24.8 Å². The number of H-pyrrole nitrogens is 2. The minimum atomic E-state index is -0.281. The van der Waals surface area contributed by atoms with Gasteiger partial charge in [-0.25, -0.2) is 4.39 Å². The lowest BCUT2D eigenvalue weighted by Gasteiger charge is -2.21. The Hall–Kier alpha value is -4.96. The van der Waals surface area contributed by atoms with Gasteiger partial charge in [0.15, 0.2) is 0 Å². The molecule has 1 aromatic carbocycles. The largest absolute Gasteiger partial charge is 0.352 e. The molecule has 0 aliphatic carbocycles. The summed E-state index contributed by atoms with van der Waals surface area (Å²) in [4.78, 5) is 29.5. The van der Waals surface area contributed by atoms with E-state index in [9.17, 15) is 9.18 Å². The molecule has 7 rings (SSSR count). The quantitative estimate of drug-likeness (QED) is 0.213. The standard InChI is InChI=1S/C31H27FN8O/c32-21-3-1-19(2-4-21)25-15-35-16-28-23(25)11-27(38-28)31-24-12-26(36-17-29(24)39-40-31)20-10-22(14-34-13-20)37-30(41)9-18-5-7-33-8-6-18/h1-4,10-18,33,38H,5-9H2,(H,37,41)(H,39,40). The summed E-state index contributed by atoms with van der Waals surface area (Å²) in [6.07, 6.45) is 11.2. The highest BCUT2D eigenvalue weighted by Crippen LogP contribution is 2.34. The molecule has 1 saturated heterocycles. The van der Waals surface area contributed by atoms with Crippen molar-refractivity contribution in [2.45, 2.75) is 19.3 Å². The van der Waals surface area contributed by atoms with E-state index in [0.717, 1.165) is 75.8 Å². The predicted molar refractivity (Wildman–Crippen MR) is 156 cm³/mol. The number of benzene rings is 1. The molecule has 5 aromatic heterocycles. The number of carbonyl (C=O) groups is 1. The zero-order valence-electron chi connectivity index (χ0n) is 22.1. The molecule has 1 amide bonds. The Morgan fingerprint density at radius 2 is 1.73 bits per heavy atom. The first-order valence-electron chi connectivity index (χ1n) is 13.6. The fraction of sp³-hybridized carbons (Fsp3) is 0.194. The summed E-state index contributed by atoms with van der Waals surface area (Å²) in [5.74, 6) is 0.129. The van der Waals surface area contributed by atoms with Gasteiger partial charge in [0.05, 0.1) is 46.7 Å². The Morgan fingerprint density at radius 3 is 2.59 bits per heavy atom. The number of hydrogen-bond donors (Lipinski definition) is 4. The molecular formula is C31H27FN8O. The normalized spacial score (nSPS) is 14.1. The van der Waals surface area contributed by atoms with Gasteiger partial charge in [-0.2, -0.15) is 5.10 Å². The van der Waals surface area contributed by atoms with Crippen LogP contribution in [-0.2, 0) is 4.79 Å². The summed E-state index contributed by atoms with van der Waals surface area (Å²) < 4.78 is 13.5. The van der Waals surface area contributed by atoms with Gasteiger partial charge in [0.25, 0.3) is 0 Å². The van der Waals surface area contributed by atoms with Crippen LogP contribution >= 0.6 is 0 Å². The van der Waals surface area contributed by atoms with Crippen LogP contribution in [0.25, 0.3) is 55.6 Å². The first kappa shape index (κ1) is 25.0. The van der Waals surface area contributed by atoms with Crippen LogP contribution in [0.15, 0.2) is 73.4 Å². The third-order valence-electron chi connectivity index (χ3n) is 7.65. The van der Waals surface area contributed by atoms with Crippen molar-refractivity contribution in [3.8, 4) is 33.8 Å². The molecule has 4 N–H and O–H groups in total. The molecular weight excluding hydrogens is 519 g/mol. The fourth-order valence-corrected chi connectivity index (χ4v) is 5.53. The van der Waals surface area contributed by atoms with Crippen molar-refractivity contribution in [3.05, 3.63) is 79.3 Å². The molecule has 9 nitrogen and oxygen atoms in total. The van der Waals surface area contributed by atoms with Crippen molar-refractivity contribution in [2.75, 3.05) is 18.4 Å². The number of nitrogens with zero attached hydrogens (tertiary/aromatic N) is 4. The van der Waals surface area contributed by atoms with E-state index in [1.54, 1.807) is 43.1 Å². The highest BCUT2D eigenvalue weighted by atomic mass is 19.1. The van der Waals surface area contributed by atoms with Gasteiger partial charge >= 0.3 is 0 Å². The van der Waals surface area contributed by atoms with Crippen LogP contribution in [0.4, 0.5) is 10.1 Å². The first-order chi connectivity index (χ1) is 20.1. The maximum atomic E-state index is 13.5. The molecule has 6 aromatic rings. The van der Waals surface area contributed by atoms with Crippen LogP contribution in [0.1, 0.15) is 19.3 Å². The first-order valence-corrected chi connectivity index (χ1v) is 13.6. The van der Waals surface area contributed by atoms with E-state index < -0.39 is 0 Å². The molecule has 0 radical (unpaired) electrons. The minimum Gasteiger partial charge on any atom is -0.352 e. The van der Waals surface area contributed by atoms with Crippen molar-refractivity contribution in [2.24, 2.45) is 5.92 Å². The molecule has 41 heavy (non-hydrogen) atoms. The molecule has 0 atom stereocenters. The minimum absolute atomic E-state index is 0.00434. The SMILES string of the molecule is O=C(CC1CCNCC1)Nc1cncc(-c2cc3c(-c4cc5c(-c6ccc(F)cc6)cncc5[nH]4)n[nH]c3cn2)c1. The molecule has 1 fully saturated rings. The zero-order valence-corrected chi connectivity index (χ0v) is 22.1. The van der Waals surface area contributed by atoms with Crippen molar-refractivity contribution in [1.29, 1.82) is 0 Å². The van der Waals surface area contributed by atoms with E-state index in [4.69, 9.17) is 0 Å². The monoisotopic (exact) mass is 546 g/mol. The number of carbonyl (C=O) groups excluding carboxylic acids is 1. The van der Waals surface area contributed by atoms with E-state index in [2.05, 4.69) is 40.8 Å². The molecule has 0 bridgehead atoms. The molecule has 0 unspecified atom stereocenters. The van der Waals surface area contributed by atoms with Gasteiger partial charge in [0, 0.05) is 40.7 Å². The van der Waals surface area contributed by atoms with E-state index in [1.165, 1.54) is 12.1 Å². The summed E-state index contributed by atoms with van der Waals surface area (Å²) in [5, 5.41) is 15.8. The number of rotatable bonds is 6. The third-order valence-corrected chi connectivity index (χ3v) is 7.65. The van der Waals surface area contributed by atoms with E-state index in [1.807, 2.05) is 18.2 Å². The van der Waals surface area contributed by atoms with E-state index in [0.29, 0.717) is 23.7 Å². The van der Waals surface area contributed by atoms with Gasteiger partial charge in [-0.05, 0) is 67.7 Å². The fourth-order valence-electron chi connectivity index (χ4n) is 5.53. The average molecular weight is 547 g/mol. The highest BCUT2D eigenvalue weighted by Gasteiger charge is 2.18. The van der Waals surface area contributed by atoms with Crippen LogP contribution in [0.3, 0.4) is 0 Å². The maximum absolute atomic E-state index is 13.5. The Morgan fingerprint density at radius 1 is 0.902 bits per heavy atom. The second-order valence-electron chi connectivity index (χ2n) is 10.4. The summed E-state index contributed by atoms with van der Waals surface area (Å²) in [6.45, 7) is 1.92. The average Bonchev–Trinajstić information content (AvgIpc) is 3.62. The molecule has 10 heteroatoms. The van der Waals surface area contributed by atoms with Crippen LogP contribution in [0.5, 0.6) is 0 Å². The van der Waals surface area contributed by atoms with Gasteiger partial charge in [0.1, 0.15) is 11.5 Å². The molecule has 204 valence electrons. The number of anilines is 1. The summed E-state index contributed by atoms with van der Waals surface area (Å²) in [7, 11) is 0.